The Morgan fingerprint density at radius 1 is 0.862 bits per heavy atom. The van der Waals surface area contributed by atoms with Gasteiger partial charge in [-0.3, -0.25) is 5.21 Å². The van der Waals surface area contributed by atoms with E-state index >= 15 is 0 Å². The van der Waals surface area contributed by atoms with Crippen LogP contribution in [-0.4, -0.2) is 35.0 Å². The van der Waals surface area contributed by atoms with Crippen LogP contribution < -0.4 is 10.4 Å². The van der Waals surface area contributed by atoms with Crippen LogP contribution in [0.15, 0.2) is 66.7 Å². The van der Waals surface area contributed by atoms with Crippen LogP contribution in [0.25, 0.3) is 28.5 Å². The summed E-state index contributed by atoms with van der Waals surface area (Å²) in [6.07, 6.45) is 5.67. The maximum atomic E-state index is 10.0. The van der Waals surface area contributed by atoms with Crippen LogP contribution in [0, 0.1) is 0 Å². The van der Waals surface area contributed by atoms with Gasteiger partial charge in [0, 0.05) is 30.0 Å². The third kappa shape index (κ3) is 4.47. The molecule has 2 heterocycles. The largest absolute Gasteiger partial charge is 0.396 e. The molecule has 5 heteroatoms. The summed E-state index contributed by atoms with van der Waals surface area (Å²) in [6, 6.07) is 20.6. The molecule has 0 unspecified atom stereocenters. The maximum Gasteiger partial charge on any atom is 0.160 e. The van der Waals surface area contributed by atoms with E-state index < -0.39 is 0 Å². The van der Waals surface area contributed by atoms with Gasteiger partial charge < -0.3 is 10.4 Å². The molecule has 0 fully saturated rings. The number of aromatic nitrogens is 1. The summed E-state index contributed by atoms with van der Waals surface area (Å²) in [4.78, 5) is 4.62. The molecule has 148 valence electrons. The molecular weight excluding hydrogens is 362 g/mol. The summed E-state index contributed by atoms with van der Waals surface area (Å²) in [5, 5.41) is 23.4. The van der Waals surface area contributed by atoms with Crippen molar-refractivity contribution in [1.82, 2.24) is 4.98 Å². The highest BCUT2D eigenvalue weighted by Crippen LogP contribution is 2.29. The molecule has 0 saturated heterocycles. The number of hydrogen-bond acceptors (Lipinski definition) is 5. The minimum absolute atomic E-state index is 0.243. The van der Waals surface area contributed by atoms with Crippen LogP contribution in [0.5, 0.6) is 0 Å². The Labute approximate surface area is 170 Å². The standard InChI is InChI=1S/C24H25N3O2/c28-17-2-1-15-25-22-12-9-19(10-13-22)18-5-7-20(8-6-18)23-14-11-21-4-3-16-27(29)24(21)26-23/h3-14,25,28-29H,1-2,15-17H2. The van der Waals surface area contributed by atoms with Crippen molar-refractivity contribution in [2.45, 2.75) is 12.8 Å². The third-order valence-electron chi connectivity index (χ3n) is 5.04. The van der Waals surface area contributed by atoms with Gasteiger partial charge in [-0.15, -0.1) is 0 Å². The molecule has 3 aromatic rings. The van der Waals surface area contributed by atoms with E-state index in [1.807, 2.05) is 24.3 Å². The number of nitrogens with one attached hydrogen (secondary N) is 1. The lowest BCUT2D eigenvalue weighted by Crippen LogP contribution is -2.22. The van der Waals surface area contributed by atoms with E-state index in [1.54, 1.807) is 0 Å². The number of rotatable bonds is 7. The number of benzene rings is 2. The molecule has 0 aliphatic carbocycles. The molecule has 0 saturated carbocycles. The van der Waals surface area contributed by atoms with E-state index in [-0.39, 0.29) is 6.61 Å². The summed E-state index contributed by atoms with van der Waals surface area (Å²) in [5.74, 6) is 0.594. The van der Waals surface area contributed by atoms with Crippen molar-refractivity contribution in [1.29, 1.82) is 0 Å². The third-order valence-corrected chi connectivity index (χ3v) is 5.04. The van der Waals surface area contributed by atoms with Crippen LogP contribution in [-0.2, 0) is 0 Å². The number of aliphatic hydroxyl groups excluding tert-OH is 1. The molecule has 2 aromatic carbocycles. The van der Waals surface area contributed by atoms with E-state index in [1.165, 1.54) is 5.06 Å². The topological polar surface area (TPSA) is 68.6 Å². The Bertz CT molecular complexity index is 982. The van der Waals surface area contributed by atoms with E-state index in [9.17, 15) is 5.21 Å². The molecular formula is C24H25N3O2. The first-order valence-corrected chi connectivity index (χ1v) is 9.94. The number of aliphatic hydroxyl groups is 1. The second-order valence-electron chi connectivity index (χ2n) is 7.11. The van der Waals surface area contributed by atoms with Crippen LogP contribution in [0.4, 0.5) is 11.5 Å². The van der Waals surface area contributed by atoms with Gasteiger partial charge >= 0.3 is 0 Å². The zero-order valence-corrected chi connectivity index (χ0v) is 16.3. The van der Waals surface area contributed by atoms with Crippen LogP contribution in [0.1, 0.15) is 18.4 Å². The zero-order chi connectivity index (χ0) is 20.1. The average Bonchev–Trinajstić information content (AvgIpc) is 2.77. The van der Waals surface area contributed by atoms with Gasteiger partial charge in [0.2, 0.25) is 0 Å². The Kier molecular flexibility index (Phi) is 5.89. The van der Waals surface area contributed by atoms with E-state index in [0.717, 1.165) is 53.0 Å². The summed E-state index contributed by atoms with van der Waals surface area (Å²) < 4.78 is 0. The van der Waals surface area contributed by atoms with E-state index in [0.29, 0.717) is 12.4 Å². The Balaban J connectivity index is 1.47. The first-order valence-electron chi connectivity index (χ1n) is 9.94. The smallest absolute Gasteiger partial charge is 0.160 e. The number of pyridine rings is 1. The van der Waals surface area contributed by atoms with Crippen molar-refractivity contribution in [3.05, 3.63) is 72.3 Å². The first-order chi connectivity index (χ1) is 14.2. The number of hydroxylamine groups is 1. The molecule has 4 rings (SSSR count). The van der Waals surface area contributed by atoms with Gasteiger partial charge in [0.15, 0.2) is 5.82 Å². The number of unbranched alkanes of at least 4 members (excludes halogenated alkanes) is 1. The molecule has 3 N–H and O–H groups in total. The predicted molar refractivity (Wildman–Crippen MR) is 118 cm³/mol. The zero-order valence-electron chi connectivity index (χ0n) is 16.3. The summed E-state index contributed by atoms with van der Waals surface area (Å²) in [6.45, 7) is 1.56. The monoisotopic (exact) mass is 387 g/mol. The fraction of sp³-hybridized carbons (Fsp3) is 0.208. The highest BCUT2D eigenvalue weighted by molar-refractivity contribution is 5.73. The van der Waals surface area contributed by atoms with Crippen molar-refractivity contribution in [2.24, 2.45) is 0 Å². The lowest BCUT2D eigenvalue weighted by molar-refractivity contribution is 0.262. The molecule has 29 heavy (non-hydrogen) atoms. The second-order valence-corrected chi connectivity index (χ2v) is 7.11. The summed E-state index contributed by atoms with van der Waals surface area (Å²) in [5.41, 5.74) is 6.16. The molecule has 1 aliphatic heterocycles. The predicted octanol–water partition coefficient (Wildman–Crippen LogP) is 4.82. The summed E-state index contributed by atoms with van der Waals surface area (Å²) >= 11 is 0. The van der Waals surface area contributed by atoms with Gasteiger partial charge in [0.25, 0.3) is 0 Å². The molecule has 1 aromatic heterocycles. The normalized spacial score (nSPS) is 12.7. The van der Waals surface area contributed by atoms with Crippen molar-refractivity contribution in [3.8, 4) is 22.4 Å². The maximum absolute atomic E-state index is 10.0. The van der Waals surface area contributed by atoms with Crippen LogP contribution in [0.3, 0.4) is 0 Å². The first kappa shape index (κ1) is 19.2. The van der Waals surface area contributed by atoms with Crippen molar-refractivity contribution in [3.63, 3.8) is 0 Å². The van der Waals surface area contributed by atoms with Gasteiger partial charge in [-0.05, 0) is 48.2 Å². The lowest BCUT2D eigenvalue weighted by Gasteiger charge is -2.20. The Hall–Kier alpha value is -3.15. The number of hydrogen-bond donors (Lipinski definition) is 3. The Morgan fingerprint density at radius 3 is 2.28 bits per heavy atom. The van der Waals surface area contributed by atoms with Gasteiger partial charge in [-0.25, -0.2) is 10.0 Å². The Morgan fingerprint density at radius 2 is 1.55 bits per heavy atom. The van der Waals surface area contributed by atoms with Crippen molar-refractivity contribution >= 4 is 17.6 Å². The highest BCUT2D eigenvalue weighted by Gasteiger charge is 2.14. The second kappa shape index (κ2) is 8.90. The minimum atomic E-state index is 0.243. The number of fused-ring (bicyclic) bond motifs is 1. The minimum Gasteiger partial charge on any atom is -0.396 e. The molecule has 0 atom stereocenters. The van der Waals surface area contributed by atoms with Gasteiger partial charge in [-0.1, -0.05) is 48.6 Å². The lowest BCUT2D eigenvalue weighted by atomic mass is 10.0. The van der Waals surface area contributed by atoms with E-state index in [4.69, 9.17) is 5.11 Å². The SMILES string of the molecule is OCCCCNc1ccc(-c2ccc(-c3ccc4c(n3)N(O)CC=C4)cc2)cc1. The molecule has 0 amide bonds. The quantitative estimate of drug-likeness (QED) is 0.507. The van der Waals surface area contributed by atoms with Gasteiger partial charge in [-0.2, -0.15) is 0 Å². The molecule has 1 aliphatic rings. The summed E-state index contributed by atoms with van der Waals surface area (Å²) in [7, 11) is 0. The van der Waals surface area contributed by atoms with Crippen LogP contribution >= 0.6 is 0 Å². The fourth-order valence-corrected chi connectivity index (χ4v) is 3.41. The van der Waals surface area contributed by atoms with Crippen molar-refractivity contribution in [2.75, 3.05) is 30.1 Å². The molecule has 0 spiro atoms. The fourth-order valence-electron chi connectivity index (χ4n) is 3.41. The molecule has 5 nitrogen and oxygen atoms in total. The average molecular weight is 387 g/mol. The molecule has 0 radical (unpaired) electrons. The van der Waals surface area contributed by atoms with E-state index in [2.05, 4.69) is 58.8 Å². The van der Waals surface area contributed by atoms with Gasteiger partial charge in [0.1, 0.15) is 0 Å². The molecule has 0 bridgehead atoms. The number of anilines is 2. The van der Waals surface area contributed by atoms with Crippen LogP contribution in [0.2, 0.25) is 0 Å². The highest BCUT2D eigenvalue weighted by atomic mass is 16.5. The number of nitrogens with zero attached hydrogens (tertiary/aromatic N) is 2. The van der Waals surface area contributed by atoms with Crippen molar-refractivity contribution < 1.29 is 10.3 Å². The van der Waals surface area contributed by atoms with Gasteiger partial charge in [0.05, 0.1) is 12.2 Å².